The zero-order valence-electron chi connectivity index (χ0n) is 7.34. The van der Waals surface area contributed by atoms with Crippen molar-refractivity contribution in [3.8, 4) is 0 Å². The van der Waals surface area contributed by atoms with E-state index in [4.69, 9.17) is 0 Å². The van der Waals surface area contributed by atoms with E-state index in [1.54, 1.807) is 0 Å². The molecule has 2 fully saturated rings. The average Bonchev–Trinajstić information content (AvgIpc) is 2.70. The Kier molecular flexibility index (Phi) is 1.71. The average molecular weight is 154 g/mol. The van der Waals surface area contributed by atoms with E-state index in [0.29, 0.717) is 5.92 Å². The zero-order valence-corrected chi connectivity index (χ0v) is 7.34. The van der Waals surface area contributed by atoms with Crippen molar-refractivity contribution in [1.82, 2.24) is 0 Å². The summed E-state index contributed by atoms with van der Waals surface area (Å²) in [5.41, 5.74) is -0.194. The van der Waals surface area contributed by atoms with E-state index < -0.39 is 0 Å². The Bertz CT molecular complexity index is 141. The third-order valence-corrected chi connectivity index (χ3v) is 3.54. The van der Waals surface area contributed by atoms with Crippen molar-refractivity contribution in [1.29, 1.82) is 0 Å². The highest BCUT2D eigenvalue weighted by Crippen LogP contribution is 2.48. The minimum Gasteiger partial charge on any atom is -0.390 e. The van der Waals surface area contributed by atoms with Crippen LogP contribution in [0.1, 0.15) is 45.4 Å². The minimum absolute atomic E-state index is 0.194. The fourth-order valence-corrected chi connectivity index (χ4v) is 2.33. The van der Waals surface area contributed by atoms with Gasteiger partial charge in [-0.05, 0) is 37.5 Å². The van der Waals surface area contributed by atoms with Crippen LogP contribution in [0.5, 0.6) is 0 Å². The molecule has 0 heterocycles. The second-order valence-corrected chi connectivity index (χ2v) is 4.56. The first-order valence-electron chi connectivity index (χ1n) is 4.93. The van der Waals surface area contributed by atoms with Crippen molar-refractivity contribution in [2.75, 3.05) is 0 Å². The van der Waals surface area contributed by atoms with Gasteiger partial charge in [0.05, 0.1) is 5.60 Å². The van der Waals surface area contributed by atoms with Crippen LogP contribution in [-0.2, 0) is 0 Å². The molecular formula is C10H18O. The summed E-state index contributed by atoms with van der Waals surface area (Å²) in [4.78, 5) is 0. The monoisotopic (exact) mass is 154 g/mol. The molecule has 0 saturated heterocycles. The van der Waals surface area contributed by atoms with Crippen LogP contribution in [0.4, 0.5) is 0 Å². The lowest BCUT2D eigenvalue weighted by Crippen LogP contribution is -2.26. The van der Waals surface area contributed by atoms with Gasteiger partial charge in [0.2, 0.25) is 0 Å². The van der Waals surface area contributed by atoms with Crippen LogP contribution >= 0.6 is 0 Å². The molecule has 1 N–H and O–H groups in total. The topological polar surface area (TPSA) is 20.2 Å². The van der Waals surface area contributed by atoms with Gasteiger partial charge < -0.3 is 5.11 Å². The predicted molar refractivity (Wildman–Crippen MR) is 45.3 cm³/mol. The summed E-state index contributed by atoms with van der Waals surface area (Å²) in [5.74, 6) is 1.56. The Labute approximate surface area is 68.8 Å². The molecular weight excluding hydrogens is 136 g/mol. The summed E-state index contributed by atoms with van der Waals surface area (Å²) in [6, 6.07) is 0. The fraction of sp³-hybridized carbons (Fsp3) is 1.00. The summed E-state index contributed by atoms with van der Waals surface area (Å²) in [6.07, 6.45) is 7.38. The first-order chi connectivity index (χ1) is 5.21. The largest absolute Gasteiger partial charge is 0.390 e. The molecule has 0 atom stereocenters. The Balaban J connectivity index is 1.87. The molecule has 2 rings (SSSR count). The molecule has 1 nitrogen and oxygen atoms in total. The molecule has 0 spiro atoms. The van der Waals surface area contributed by atoms with Crippen molar-refractivity contribution >= 4 is 0 Å². The number of rotatable bonds is 1. The molecule has 0 bridgehead atoms. The zero-order chi connectivity index (χ0) is 7.90. The minimum atomic E-state index is -0.194. The second kappa shape index (κ2) is 2.48. The van der Waals surface area contributed by atoms with E-state index in [9.17, 15) is 5.11 Å². The molecule has 0 aromatic heterocycles. The summed E-state index contributed by atoms with van der Waals surface area (Å²) in [5, 5.41) is 9.84. The molecule has 2 saturated carbocycles. The highest BCUT2D eigenvalue weighted by atomic mass is 16.3. The summed E-state index contributed by atoms with van der Waals surface area (Å²) in [7, 11) is 0. The van der Waals surface area contributed by atoms with E-state index in [0.717, 1.165) is 18.8 Å². The molecule has 0 aliphatic heterocycles. The lowest BCUT2D eigenvalue weighted by atomic mass is 9.79. The molecule has 2 aliphatic rings. The van der Waals surface area contributed by atoms with Crippen LogP contribution in [0.2, 0.25) is 0 Å². The number of hydrogen-bond acceptors (Lipinski definition) is 1. The lowest BCUT2D eigenvalue weighted by molar-refractivity contribution is 0.0528. The van der Waals surface area contributed by atoms with Gasteiger partial charge >= 0.3 is 0 Å². The molecule has 0 aromatic rings. The molecule has 2 aliphatic carbocycles. The Morgan fingerprint density at radius 1 is 1.09 bits per heavy atom. The van der Waals surface area contributed by atoms with Crippen molar-refractivity contribution in [2.45, 2.75) is 51.0 Å². The lowest BCUT2D eigenvalue weighted by Gasteiger charge is -2.29. The number of hydrogen-bond donors (Lipinski definition) is 1. The van der Waals surface area contributed by atoms with Crippen molar-refractivity contribution in [3.63, 3.8) is 0 Å². The summed E-state index contributed by atoms with van der Waals surface area (Å²) in [6.45, 7) is 2.33. The number of aliphatic hydroxyl groups is 1. The fourth-order valence-electron chi connectivity index (χ4n) is 2.33. The normalized spacial score (nSPS) is 42.0. The molecule has 0 aromatic carbocycles. The summed E-state index contributed by atoms with van der Waals surface area (Å²) < 4.78 is 0. The van der Waals surface area contributed by atoms with Crippen LogP contribution in [0.3, 0.4) is 0 Å². The molecule has 0 radical (unpaired) electrons. The second-order valence-electron chi connectivity index (χ2n) is 4.56. The maximum absolute atomic E-state index is 9.84. The van der Waals surface area contributed by atoms with Crippen molar-refractivity contribution < 1.29 is 5.11 Å². The van der Waals surface area contributed by atoms with Crippen LogP contribution < -0.4 is 0 Å². The van der Waals surface area contributed by atoms with E-state index in [1.165, 1.54) is 25.7 Å². The Morgan fingerprint density at radius 3 is 2.09 bits per heavy atom. The maximum atomic E-state index is 9.84. The molecule has 1 heteroatoms. The van der Waals surface area contributed by atoms with Gasteiger partial charge in [0.1, 0.15) is 0 Å². The molecule has 64 valence electrons. The molecule has 0 unspecified atom stereocenters. The first kappa shape index (κ1) is 7.60. The van der Waals surface area contributed by atoms with Gasteiger partial charge in [-0.15, -0.1) is 0 Å². The standard InChI is InChI=1S/C10H18O/c1-8-2-4-9(5-3-8)10(11)6-7-10/h8-9,11H,2-7H2,1H3. The molecule has 11 heavy (non-hydrogen) atoms. The van der Waals surface area contributed by atoms with E-state index in [-0.39, 0.29) is 5.60 Å². The van der Waals surface area contributed by atoms with Gasteiger partial charge in [-0.3, -0.25) is 0 Å². The van der Waals surface area contributed by atoms with Gasteiger partial charge in [0.25, 0.3) is 0 Å². The van der Waals surface area contributed by atoms with Crippen molar-refractivity contribution in [2.24, 2.45) is 11.8 Å². The Morgan fingerprint density at radius 2 is 1.64 bits per heavy atom. The van der Waals surface area contributed by atoms with E-state index >= 15 is 0 Å². The first-order valence-corrected chi connectivity index (χ1v) is 4.93. The Hall–Kier alpha value is -0.0400. The highest BCUT2D eigenvalue weighted by molar-refractivity contribution is 5.00. The van der Waals surface area contributed by atoms with Crippen LogP contribution in [0.15, 0.2) is 0 Å². The van der Waals surface area contributed by atoms with E-state index in [1.807, 2.05) is 0 Å². The van der Waals surface area contributed by atoms with Gasteiger partial charge in [-0.2, -0.15) is 0 Å². The van der Waals surface area contributed by atoms with E-state index in [2.05, 4.69) is 6.92 Å². The third kappa shape index (κ3) is 1.44. The highest BCUT2D eigenvalue weighted by Gasteiger charge is 2.47. The van der Waals surface area contributed by atoms with Crippen LogP contribution in [0.25, 0.3) is 0 Å². The predicted octanol–water partition coefficient (Wildman–Crippen LogP) is 2.34. The SMILES string of the molecule is CC1CCC(C2(O)CC2)CC1. The van der Waals surface area contributed by atoms with Gasteiger partial charge in [-0.1, -0.05) is 19.8 Å². The maximum Gasteiger partial charge on any atom is 0.0678 e. The summed E-state index contributed by atoms with van der Waals surface area (Å²) >= 11 is 0. The van der Waals surface area contributed by atoms with Gasteiger partial charge in [0.15, 0.2) is 0 Å². The van der Waals surface area contributed by atoms with Crippen molar-refractivity contribution in [3.05, 3.63) is 0 Å². The van der Waals surface area contributed by atoms with Crippen LogP contribution in [0, 0.1) is 11.8 Å². The molecule has 0 amide bonds. The van der Waals surface area contributed by atoms with Gasteiger partial charge in [-0.25, -0.2) is 0 Å². The smallest absolute Gasteiger partial charge is 0.0678 e. The quantitative estimate of drug-likeness (QED) is 0.614. The van der Waals surface area contributed by atoms with Crippen LogP contribution in [-0.4, -0.2) is 10.7 Å². The third-order valence-electron chi connectivity index (χ3n) is 3.54. The van der Waals surface area contributed by atoms with Gasteiger partial charge in [0, 0.05) is 0 Å².